The number of nitrogens with zero attached hydrogens (tertiary/aromatic N) is 1. The maximum Gasteiger partial charge on any atom is 0.258 e. The van der Waals surface area contributed by atoms with Crippen molar-refractivity contribution in [2.75, 3.05) is 26.3 Å². The number of halogens is 3. The standard InChI is InChI=1S/C19H18ClF2NO3/c20-15-5-3-7-17(22)18(15)19(24)23-8-9-26-14(10-23)12-25-11-13-4-1-2-6-16(13)21/h1-7,14H,8-12H2. The van der Waals surface area contributed by atoms with E-state index in [1.165, 1.54) is 29.2 Å². The molecule has 1 atom stereocenters. The first-order valence-electron chi connectivity index (χ1n) is 8.22. The van der Waals surface area contributed by atoms with Crippen LogP contribution in [0, 0.1) is 11.6 Å². The van der Waals surface area contributed by atoms with E-state index in [4.69, 9.17) is 21.1 Å². The number of morpholine rings is 1. The Kier molecular flexibility index (Phi) is 6.19. The van der Waals surface area contributed by atoms with Crippen molar-refractivity contribution in [1.82, 2.24) is 4.90 Å². The first-order chi connectivity index (χ1) is 12.6. The molecule has 138 valence electrons. The van der Waals surface area contributed by atoms with Gasteiger partial charge in [0.05, 0.1) is 36.5 Å². The fraction of sp³-hybridized carbons (Fsp3) is 0.316. The molecule has 0 N–H and O–H groups in total. The normalized spacial score (nSPS) is 17.3. The van der Waals surface area contributed by atoms with Crippen LogP contribution >= 0.6 is 11.6 Å². The molecule has 1 amide bonds. The van der Waals surface area contributed by atoms with Gasteiger partial charge >= 0.3 is 0 Å². The average Bonchev–Trinajstić information content (AvgIpc) is 2.63. The van der Waals surface area contributed by atoms with Crippen LogP contribution in [0.2, 0.25) is 5.02 Å². The van der Waals surface area contributed by atoms with E-state index in [-0.39, 0.29) is 42.3 Å². The van der Waals surface area contributed by atoms with Gasteiger partial charge in [0.2, 0.25) is 0 Å². The van der Waals surface area contributed by atoms with E-state index in [1.807, 2.05) is 0 Å². The van der Waals surface area contributed by atoms with Crippen molar-refractivity contribution in [3.8, 4) is 0 Å². The second-order valence-electron chi connectivity index (χ2n) is 5.95. The minimum atomic E-state index is -0.652. The topological polar surface area (TPSA) is 38.8 Å². The van der Waals surface area contributed by atoms with Gasteiger partial charge in [-0.05, 0) is 18.2 Å². The molecule has 2 aromatic rings. The lowest BCUT2D eigenvalue weighted by molar-refractivity contribution is -0.0650. The minimum Gasteiger partial charge on any atom is -0.374 e. The van der Waals surface area contributed by atoms with Crippen molar-refractivity contribution in [2.24, 2.45) is 0 Å². The van der Waals surface area contributed by atoms with Crippen LogP contribution in [0.3, 0.4) is 0 Å². The van der Waals surface area contributed by atoms with Crippen molar-refractivity contribution in [1.29, 1.82) is 0 Å². The fourth-order valence-corrected chi connectivity index (χ4v) is 3.02. The maximum absolute atomic E-state index is 14.0. The molecule has 1 fully saturated rings. The largest absolute Gasteiger partial charge is 0.374 e. The molecule has 4 nitrogen and oxygen atoms in total. The summed E-state index contributed by atoms with van der Waals surface area (Å²) in [5.74, 6) is -1.46. The van der Waals surface area contributed by atoms with Gasteiger partial charge in [0.15, 0.2) is 0 Å². The van der Waals surface area contributed by atoms with Gasteiger partial charge in [0.1, 0.15) is 11.6 Å². The quantitative estimate of drug-likeness (QED) is 0.793. The molecule has 0 radical (unpaired) electrons. The van der Waals surface area contributed by atoms with Gasteiger partial charge in [0, 0.05) is 18.7 Å². The third kappa shape index (κ3) is 4.38. The highest BCUT2D eigenvalue weighted by atomic mass is 35.5. The zero-order valence-electron chi connectivity index (χ0n) is 14.0. The van der Waals surface area contributed by atoms with Crippen LogP contribution < -0.4 is 0 Å². The van der Waals surface area contributed by atoms with Gasteiger partial charge in [-0.25, -0.2) is 8.78 Å². The number of carbonyl (C=O) groups excluding carboxylic acids is 1. The van der Waals surface area contributed by atoms with Crippen molar-refractivity contribution in [2.45, 2.75) is 12.7 Å². The van der Waals surface area contributed by atoms with Crippen molar-refractivity contribution in [3.63, 3.8) is 0 Å². The van der Waals surface area contributed by atoms with Crippen molar-refractivity contribution in [3.05, 3.63) is 70.2 Å². The number of carbonyl (C=O) groups is 1. The predicted octanol–water partition coefficient (Wildman–Crippen LogP) is 3.68. The Bertz CT molecular complexity index is 767. The summed E-state index contributed by atoms with van der Waals surface area (Å²) in [6.45, 7) is 1.21. The van der Waals surface area contributed by atoms with Crippen LogP contribution in [0.5, 0.6) is 0 Å². The second-order valence-corrected chi connectivity index (χ2v) is 6.35. The highest BCUT2D eigenvalue weighted by molar-refractivity contribution is 6.33. The Hall–Kier alpha value is -2.02. The number of ether oxygens (including phenoxy) is 2. The van der Waals surface area contributed by atoms with Crippen LogP contribution in [0.25, 0.3) is 0 Å². The summed E-state index contributed by atoms with van der Waals surface area (Å²) in [5.41, 5.74) is 0.316. The highest BCUT2D eigenvalue weighted by Gasteiger charge is 2.28. The number of benzene rings is 2. The average molecular weight is 382 g/mol. The molecule has 0 saturated carbocycles. The Labute approximate surface area is 155 Å². The van der Waals surface area contributed by atoms with E-state index in [0.717, 1.165) is 0 Å². The third-order valence-electron chi connectivity index (χ3n) is 4.12. The van der Waals surface area contributed by atoms with Crippen LogP contribution in [0.15, 0.2) is 42.5 Å². The van der Waals surface area contributed by atoms with E-state index in [0.29, 0.717) is 18.7 Å². The molecular weight excluding hydrogens is 364 g/mol. The zero-order chi connectivity index (χ0) is 18.5. The first-order valence-corrected chi connectivity index (χ1v) is 8.60. The number of hydrogen-bond donors (Lipinski definition) is 0. The van der Waals surface area contributed by atoms with Gasteiger partial charge < -0.3 is 14.4 Å². The fourth-order valence-electron chi connectivity index (χ4n) is 2.78. The molecule has 1 aliphatic rings. The van der Waals surface area contributed by atoms with E-state index in [9.17, 15) is 13.6 Å². The lowest BCUT2D eigenvalue weighted by Crippen LogP contribution is -2.47. The molecule has 1 aliphatic heterocycles. The second kappa shape index (κ2) is 8.58. The predicted molar refractivity (Wildman–Crippen MR) is 93.1 cm³/mol. The molecule has 2 aromatic carbocycles. The molecule has 3 rings (SSSR count). The summed E-state index contributed by atoms with van der Waals surface area (Å²) in [7, 11) is 0. The Morgan fingerprint density at radius 2 is 1.96 bits per heavy atom. The van der Waals surface area contributed by atoms with Gasteiger partial charge in [-0.2, -0.15) is 0 Å². The summed E-state index contributed by atoms with van der Waals surface area (Å²) in [4.78, 5) is 14.1. The van der Waals surface area contributed by atoms with Gasteiger partial charge in [-0.15, -0.1) is 0 Å². The minimum absolute atomic E-state index is 0.0776. The van der Waals surface area contributed by atoms with Crippen molar-refractivity contribution < 1.29 is 23.0 Å². The summed E-state index contributed by atoms with van der Waals surface area (Å²) < 4.78 is 38.6. The molecule has 0 aliphatic carbocycles. The summed E-state index contributed by atoms with van der Waals surface area (Å²) in [6, 6.07) is 10.5. The molecule has 0 bridgehead atoms. The van der Waals surface area contributed by atoms with E-state index in [2.05, 4.69) is 0 Å². The molecule has 0 spiro atoms. The van der Waals surface area contributed by atoms with Crippen LogP contribution in [0.4, 0.5) is 8.78 Å². The Morgan fingerprint density at radius 1 is 1.19 bits per heavy atom. The molecular formula is C19H18ClF2NO3. The molecule has 0 aromatic heterocycles. The summed E-state index contributed by atoms with van der Waals surface area (Å²) in [5, 5.41) is 0.0776. The van der Waals surface area contributed by atoms with Gasteiger partial charge in [0.25, 0.3) is 5.91 Å². The smallest absolute Gasteiger partial charge is 0.258 e. The van der Waals surface area contributed by atoms with Gasteiger partial charge in [-0.1, -0.05) is 35.9 Å². The molecule has 7 heteroatoms. The third-order valence-corrected chi connectivity index (χ3v) is 4.44. The molecule has 26 heavy (non-hydrogen) atoms. The monoisotopic (exact) mass is 381 g/mol. The SMILES string of the molecule is O=C(c1c(F)cccc1Cl)N1CCOC(COCc2ccccc2F)C1. The number of hydrogen-bond acceptors (Lipinski definition) is 3. The Balaban J connectivity index is 1.57. The van der Waals surface area contributed by atoms with Gasteiger partial charge in [-0.3, -0.25) is 4.79 Å². The lowest BCUT2D eigenvalue weighted by atomic mass is 10.1. The molecule has 1 heterocycles. The summed E-state index contributed by atoms with van der Waals surface area (Å²) >= 11 is 5.97. The first kappa shape index (κ1) is 18.8. The molecule has 1 saturated heterocycles. The van der Waals surface area contributed by atoms with Crippen LogP contribution in [-0.4, -0.2) is 43.2 Å². The van der Waals surface area contributed by atoms with Crippen molar-refractivity contribution >= 4 is 17.5 Å². The molecule has 1 unspecified atom stereocenters. The number of rotatable bonds is 5. The Morgan fingerprint density at radius 3 is 2.73 bits per heavy atom. The van der Waals surface area contributed by atoms with Crippen LogP contribution in [0.1, 0.15) is 15.9 Å². The van der Waals surface area contributed by atoms with Crippen LogP contribution in [-0.2, 0) is 16.1 Å². The van der Waals surface area contributed by atoms with E-state index >= 15 is 0 Å². The number of amides is 1. The highest BCUT2D eigenvalue weighted by Crippen LogP contribution is 2.22. The lowest BCUT2D eigenvalue weighted by Gasteiger charge is -2.33. The maximum atomic E-state index is 14.0. The van der Waals surface area contributed by atoms with E-state index < -0.39 is 11.7 Å². The summed E-state index contributed by atoms with van der Waals surface area (Å²) in [6.07, 6.45) is -0.370. The zero-order valence-corrected chi connectivity index (χ0v) is 14.7. The van der Waals surface area contributed by atoms with E-state index in [1.54, 1.807) is 18.2 Å².